The van der Waals surface area contributed by atoms with Crippen LogP contribution in [0.15, 0.2) is 24.3 Å². The maximum absolute atomic E-state index is 5.44. The second kappa shape index (κ2) is 7.74. The van der Waals surface area contributed by atoms with E-state index in [0.29, 0.717) is 0 Å². The van der Waals surface area contributed by atoms with Crippen molar-refractivity contribution < 1.29 is 0 Å². The van der Waals surface area contributed by atoms with Gasteiger partial charge in [0.2, 0.25) is 0 Å². The van der Waals surface area contributed by atoms with Crippen LogP contribution in [-0.4, -0.2) is 35.4 Å². The van der Waals surface area contributed by atoms with E-state index in [-0.39, 0.29) is 0 Å². The van der Waals surface area contributed by atoms with Gasteiger partial charge in [0, 0.05) is 49.5 Å². The Kier molecular flexibility index (Phi) is 5.98. The van der Waals surface area contributed by atoms with Gasteiger partial charge in [0.25, 0.3) is 0 Å². The third kappa shape index (κ3) is 4.03. The fourth-order valence-electron chi connectivity index (χ4n) is 2.40. The van der Waals surface area contributed by atoms with Gasteiger partial charge in [0.05, 0.1) is 0 Å². The van der Waals surface area contributed by atoms with Crippen molar-refractivity contribution in [2.45, 2.75) is 26.7 Å². The average Bonchev–Trinajstić information content (AvgIpc) is 3.01. The van der Waals surface area contributed by atoms with E-state index in [9.17, 15) is 0 Å². The highest BCUT2D eigenvalue weighted by atomic mass is 32.2. The Bertz CT molecular complexity index is 423. The minimum absolute atomic E-state index is 0.954. The molecule has 1 aliphatic rings. The molecule has 0 atom stereocenters. The van der Waals surface area contributed by atoms with Crippen molar-refractivity contribution >= 4 is 39.9 Å². The second-order valence-electron chi connectivity index (χ2n) is 4.88. The maximum Gasteiger partial charge on any atom is 0.156 e. The van der Waals surface area contributed by atoms with Crippen molar-refractivity contribution in [2.75, 3.05) is 35.8 Å². The Morgan fingerprint density at radius 3 is 2.35 bits per heavy atom. The van der Waals surface area contributed by atoms with E-state index in [4.69, 9.17) is 12.2 Å². The lowest BCUT2D eigenvalue weighted by atomic mass is 10.2. The van der Waals surface area contributed by atoms with Gasteiger partial charge in [-0.25, -0.2) is 0 Å². The molecule has 1 aliphatic heterocycles. The first kappa shape index (κ1) is 15.4. The number of benzene rings is 1. The van der Waals surface area contributed by atoms with Crippen LogP contribution in [-0.2, 0) is 0 Å². The van der Waals surface area contributed by atoms with E-state index in [2.05, 4.69) is 52.6 Å². The lowest BCUT2D eigenvalue weighted by Crippen LogP contribution is -2.24. The van der Waals surface area contributed by atoms with Gasteiger partial charge >= 0.3 is 0 Å². The molecular weight excluding hydrogens is 286 g/mol. The monoisotopic (exact) mass is 309 g/mol. The third-order valence-electron chi connectivity index (χ3n) is 3.62. The largest absolute Gasteiger partial charge is 0.372 e. The predicted molar refractivity (Wildman–Crippen MR) is 94.6 cm³/mol. The summed E-state index contributed by atoms with van der Waals surface area (Å²) in [7, 11) is 0. The van der Waals surface area contributed by atoms with Crippen LogP contribution < -0.4 is 9.62 Å². The van der Waals surface area contributed by atoms with Crippen LogP contribution in [0.3, 0.4) is 0 Å². The highest BCUT2D eigenvalue weighted by Gasteiger charge is 2.15. The normalized spacial score (nSPS) is 14.4. The molecule has 1 heterocycles. The van der Waals surface area contributed by atoms with Crippen molar-refractivity contribution in [3.8, 4) is 0 Å². The molecule has 1 N–H and O–H groups in total. The number of likely N-dealkylation sites (tertiary alicyclic amines) is 1. The van der Waals surface area contributed by atoms with Crippen LogP contribution in [0.4, 0.5) is 11.4 Å². The summed E-state index contributed by atoms with van der Waals surface area (Å²) in [4.78, 5) is 4.61. The van der Waals surface area contributed by atoms with Gasteiger partial charge in [-0.05, 0) is 51.0 Å². The zero-order valence-electron chi connectivity index (χ0n) is 12.3. The van der Waals surface area contributed by atoms with Crippen molar-refractivity contribution in [2.24, 2.45) is 0 Å². The first-order valence-corrected chi connectivity index (χ1v) is 8.53. The second-order valence-corrected chi connectivity index (χ2v) is 6.32. The number of nitrogens with zero attached hydrogens (tertiary/aromatic N) is 2. The van der Waals surface area contributed by atoms with Crippen LogP contribution in [0.25, 0.3) is 0 Å². The van der Waals surface area contributed by atoms with Crippen LogP contribution >= 0.6 is 24.2 Å². The summed E-state index contributed by atoms with van der Waals surface area (Å²) in [5.41, 5.74) is 2.38. The van der Waals surface area contributed by atoms with Crippen molar-refractivity contribution in [1.82, 2.24) is 4.90 Å². The minimum atomic E-state index is 0.954. The summed E-state index contributed by atoms with van der Waals surface area (Å²) < 4.78 is 4.29. The summed E-state index contributed by atoms with van der Waals surface area (Å²) in [6.07, 6.45) is 2.53. The van der Waals surface area contributed by atoms with E-state index in [1.807, 2.05) is 0 Å². The Hall–Kier alpha value is -0.940. The molecule has 0 spiro atoms. The van der Waals surface area contributed by atoms with Gasteiger partial charge < -0.3 is 14.5 Å². The molecule has 0 aliphatic carbocycles. The third-order valence-corrected chi connectivity index (χ3v) is 4.90. The summed E-state index contributed by atoms with van der Waals surface area (Å²) in [5.74, 6) is 0. The topological polar surface area (TPSA) is 18.5 Å². The number of hydrogen-bond acceptors (Lipinski definition) is 4. The van der Waals surface area contributed by atoms with Crippen molar-refractivity contribution in [3.05, 3.63) is 24.3 Å². The first-order chi connectivity index (χ1) is 9.74. The SMILES string of the molecule is CCN(CC)c1ccc(NSC(=S)N2CCCC2)cc1. The van der Waals surface area contributed by atoms with E-state index in [0.717, 1.165) is 36.2 Å². The number of hydrogen-bond donors (Lipinski definition) is 1. The molecule has 1 fully saturated rings. The molecule has 5 heteroatoms. The molecular formula is C15H23N3S2. The Labute approximate surface area is 131 Å². The van der Waals surface area contributed by atoms with E-state index in [1.54, 1.807) is 11.9 Å². The fourth-order valence-corrected chi connectivity index (χ4v) is 3.36. The molecule has 0 bridgehead atoms. The van der Waals surface area contributed by atoms with E-state index in [1.165, 1.54) is 18.5 Å². The maximum atomic E-state index is 5.44. The lowest BCUT2D eigenvalue weighted by Gasteiger charge is -2.21. The Morgan fingerprint density at radius 2 is 1.80 bits per heavy atom. The molecule has 1 aromatic carbocycles. The number of rotatable bonds is 5. The van der Waals surface area contributed by atoms with Crippen molar-refractivity contribution in [3.63, 3.8) is 0 Å². The number of thiocarbonyl (C=S) groups is 1. The molecule has 2 rings (SSSR count). The molecule has 0 amide bonds. The molecule has 3 nitrogen and oxygen atoms in total. The van der Waals surface area contributed by atoms with Gasteiger partial charge in [-0.2, -0.15) is 0 Å². The van der Waals surface area contributed by atoms with E-state index < -0.39 is 0 Å². The fraction of sp³-hybridized carbons (Fsp3) is 0.533. The number of nitrogens with one attached hydrogen (secondary N) is 1. The summed E-state index contributed by atoms with van der Waals surface area (Å²) in [6.45, 7) is 8.65. The van der Waals surface area contributed by atoms with Crippen LogP contribution in [0.2, 0.25) is 0 Å². The van der Waals surface area contributed by atoms with Gasteiger partial charge in [-0.1, -0.05) is 12.2 Å². The summed E-state index contributed by atoms with van der Waals surface area (Å²) in [6, 6.07) is 8.56. The molecule has 0 aromatic heterocycles. The Morgan fingerprint density at radius 1 is 1.20 bits per heavy atom. The molecule has 110 valence electrons. The van der Waals surface area contributed by atoms with Crippen LogP contribution in [0.1, 0.15) is 26.7 Å². The molecule has 0 radical (unpaired) electrons. The highest BCUT2D eigenvalue weighted by Crippen LogP contribution is 2.22. The van der Waals surface area contributed by atoms with Gasteiger partial charge in [0.1, 0.15) is 0 Å². The zero-order chi connectivity index (χ0) is 14.4. The average molecular weight is 310 g/mol. The summed E-state index contributed by atoms with van der Waals surface area (Å²) >= 11 is 6.98. The lowest BCUT2D eigenvalue weighted by molar-refractivity contribution is 0.539. The predicted octanol–water partition coefficient (Wildman–Crippen LogP) is 3.97. The van der Waals surface area contributed by atoms with Crippen LogP contribution in [0, 0.1) is 0 Å². The molecule has 1 aromatic rings. The van der Waals surface area contributed by atoms with Crippen molar-refractivity contribution in [1.29, 1.82) is 0 Å². The van der Waals surface area contributed by atoms with Crippen LogP contribution in [0.5, 0.6) is 0 Å². The van der Waals surface area contributed by atoms with Gasteiger partial charge in [-0.15, -0.1) is 0 Å². The zero-order valence-corrected chi connectivity index (χ0v) is 13.9. The summed E-state index contributed by atoms with van der Waals surface area (Å²) in [5, 5.41) is 0. The Balaban J connectivity index is 1.85. The minimum Gasteiger partial charge on any atom is -0.372 e. The number of anilines is 2. The smallest absolute Gasteiger partial charge is 0.156 e. The first-order valence-electron chi connectivity index (χ1n) is 7.31. The molecule has 0 saturated carbocycles. The molecule has 1 saturated heterocycles. The molecule has 20 heavy (non-hydrogen) atoms. The quantitative estimate of drug-likeness (QED) is 0.653. The van der Waals surface area contributed by atoms with Gasteiger partial charge in [0.15, 0.2) is 4.32 Å². The molecule has 0 unspecified atom stereocenters. The van der Waals surface area contributed by atoms with E-state index >= 15 is 0 Å². The highest BCUT2D eigenvalue weighted by molar-refractivity contribution is 8.23. The van der Waals surface area contributed by atoms with Gasteiger partial charge in [-0.3, -0.25) is 0 Å². The standard InChI is InChI=1S/C15H23N3S2/c1-3-17(4-2)14-9-7-13(8-10-14)16-20-15(19)18-11-5-6-12-18/h7-10,16H,3-6,11-12H2,1-2H3.